The van der Waals surface area contributed by atoms with Crippen LogP contribution in [-0.4, -0.2) is 58.9 Å². The SMILES string of the molecule is CCS(=O)(=O)Nc1ccc(OC2CCN(C(=O)c3cnn(C)c3)CC2)nc1. The zero-order chi connectivity index (χ0) is 19.4. The third-order valence-electron chi connectivity index (χ3n) is 4.36. The summed E-state index contributed by atoms with van der Waals surface area (Å²) in [5, 5.41) is 4.03. The minimum Gasteiger partial charge on any atom is -0.474 e. The van der Waals surface area contributed by atoms with Crippen molar-refractivity contribution in [3.63, 3.8) is 0 Å². The van der Waals surface area contributed by atoms with Crippen LogP contribution in [-0.2, 0) is 17.1 Å². The lowest BCUT2D eigenvalue weighted by Crippen LogP contribution is -2.41. The quantitative estimate of drug-likeness (QED) is 0.792. The lowest BCUT2D eigenvalue weighted by molar-refractivity contribution is 0.0588. The van der Waals surface area contributed by atoms with Gasteiger partial charge in [-0.15, -0.1) is 0 Å². The summed E-state index contributed by atoms with van der Waals surface area (Å²) < 4.78 is 33.0. The van der Waals surface area contributed by atoms with Crippen LogP contribution in [0.25, 0.3) is 0 Å². The van der Waals surface area contributed by atoms with Gasteiger partial charge in [0.2, 0.25) is 15.9 Å². The van der Waals surface area contributed by atoms with Crippen molar-refractivity contribution in [3.8, 4) is 5.88 Å². The van der Waals surface area contributed by atoms with Crippen molar-refractivity contribution in [3.05, 3.63) is 36.3 Å². The van der Waals surface area contributed by atoms with E-state index >= 15 is 0 Å². The van der Waals surface area contributed by atoms with Crippen LogP contribution in [0.3, 0.4) is 0 Å². The highest BCUT2D eigenvalue weighted by Crippen LogP contribution is 2.20. The molecule has 146 valence electrons. The minimum atomic E-state index is -3.32. The molecule has 27 heavy (non-hydrogen) atoms. The van der Waals surface area contributed by atoms with Gasteiger partial charge in [0, 0.05) is 45.2 Å². The van der Waals surface area contributed by atoms with Gasteiger partial charge in [-0.25, -0.2) is 13.4 Å². The number of amides is 1. The molecule has 1 N–H and O–H groups in total. The van der Waals surface area contributed by atoms with Crippen molar-refractivity contribution in [2.24, 2.45) is 7.05 Å². The molecular formula is C17H23N5O4S. The molecule has 9 nitrogen and oxygen atoms in total. The first-order valence-electron chi connectivity index (χ1n) is 8.77. The first-order valence-corrected chi connectivity index (χ1v) is 10.4. The van der Waals surface area contributed by atoms with Crippen molar-refractivity contribution in [2.75, 3.05) is 23.6 Å². The zero-order valence-electron chi connectivity index (χ0n) is 15.3. The van der Waals surface area contributed by atoms with Crippen LogP contribution in [0, 0.1) is 0 Å². The summed E-state index contributed by atoms with van der Waals surface area (Å²) in [5.74, 6) is 0.417. The first kappa shape index (κ1) is 19.2. The largest absolute Gasteiger partial charge is 0.474 e. The normalized spacial score (nSPS) is 15.6. The van der Waals surface area contributed by atoms with Crippen LogP contribution < -0.4 is 9.46 Å². The molecule has 0 aromatic carbocycles. The van der Waals surface area contributed by atoms with E-state index in [0.29, 0.717) is 43.1 Å². The Kier molecular flexibility index (Phi) is 5.64. The number of likely N-dealkylation sites (tertiary alicyclic amines) is 1. The molecule has 1 aliphatic rings. The molecule has 1 fully saturated rings. The fraction of sp³-hybridized carbons (Fsp3) is 0.471. The number of anilines is 1. The summed E-state index contributed by atoms with van der Waals surface area (Å²) in [4.78, 5) is 18.4. The van der Waals surface area contributed by atoms with Gasteiger partial charge in [0.1, 0.15) is 6.10 Å². The summed E-state index contributed by atoms with van der Waals surface area (Å²) in [6, 6.07) is 3.26. The lowest BCUT2D eigenvalue weighted by atomic mass is 10.1. The smallest absolute Gasteiger partial charge is 0.257 e. The third kappa shape index (κ3) is 4.97. The van der Waals surface area contributed by atoms with Gasteiger partial charge >= 0.3 is 0 Å². The maximum absolute atomic E-state index is 12.4. The summed E-state index contributed by atoms with van der Waals surface area (Å²) in [7, 11) is -1.54. The number of nitrogens with zero attached hydrogens (tertiary/aromatic N) is 4. The highest BCUT2D eigenvalue weighted by atomic mass is 32.2. The number of ether oxygens (including phenoxy) is 1. The highest BCUT2D eigenvalue weighted by Gasteiger charge is 2.25. The number of hydrogen-bond acceptors (Lipinski definition) is 6. The van der Waals surface area contributed by atoms with Gasteiger partial charge < -0.3 is 9.64 Å². The van der Waals surface area contributed by atoms with Crippen molar-refractivity contribution < 1.29 is 17.9 Å². The Labute approximate surface area is 158 Å². The number of aromatic nitrogens is 3. The van der Waals surface area contributed by atoms with Crippen molar-refractivity contribution >= 4 is 21.6 Å². The molecule has 0 saturated carbocycles. The van der Waals surface area contributed by atoms with Crippen molar-refractivity contribution in [1.29, 1.82) is 0 Å². The van der Waals surface area contributed by atoms with Crippen LogP contribution in [0.15, 0.2) is 30.7 Å². The lowest BCUT2D eigenvalue weighted by Gasteiger charge is -2.31. The minimum absolute atomic E-state index is 0.00158. The van der Waals surface area contributed by atoms with E-state index in [9.17, 15) is 13.2 Å². The molecular weight excluding hydrogens is 370 g/mol. The van der Waals surface area contributed by atoms with Crippen LogP contribution in [0.5, 0.6) is 5.88 Å². The van der Waals surface area contributed by atoms with E-state index in [-0.39, 0.29) is 17.8 Å². The Bertz CT molecular complexity index is 886. The van der Waals surface area contributed by atoms with Gasteiger partial charge in [0.15, 0.2) is 0 Å². The third-order valence-corrected chi connectivity index (χ3v) is 5.66. The van der Waals surface area contributed by atoms with Gasteiger partial charge in [-0.2, -0.15) is 5.10 Å². The van der Waals surface area contributed by atoms with E-state index in [1.165, 1.54) is 6.20 Å². The number of carbonyl (C=O) groups excluding carboxylic acids is 1. The standard InChI is InChI=1S/C17H23N5O4S/c1-3-27(24,25)20-14-4-5-16(18-11-14)26-15-6-8-22(9-7-15)17(23)13-10-19-21(2)12-13/h4-5,10-12,15,20H,3,6-9H2,1-2H3. The average Bonchev–Trinajstić information content (AvgIpc) is 3.09. The second-order valence-corrected chi connectivity index (χ2v) is 8.41. The van der Waals surface area contributed by atoms with E-state index in [1.807, 2.05) is 0 Å². The van der Waals surface area contributed by atoms with Crippen LogP contribution in [0.4, 0.5) is 5.69 Å². The molecule has 2 aromatic heterocycles. The molecule has 1 amide bonds. The van der Waals surface area contributed by atoms with E-state index < -0.39 is 10.0 Å². The van der Waals surface area contributed by atoms with Crippen LogP contribution in [0.2, 0.25) is 0 Å². The first-order chi connectivity index (χ1) is 12.9. The maximum Gasteiger partial charge on any atom is 0.257 e. The van der Waals surface area contributed by atoms with Crippen molar-refractivity contribution in [1.82, 2.24) is 19.7 Å². The van der Waals surface area contributed by atoms with Crippen LogP contribution >= 0.6 is 0 Å². The molecule has 0 spiro atoms. The molecule has 10 heteroatoms. The Balaban J connectivity index is 1.51. The van der Waals surface area contributed by atoms with E-state index in [1.54, 1.807) is 48.1 Å². The molecule has 0 radical (unpaired) electrons. The second-order valence-electron chi connectivity index (χ2n) is 6.40. The Morgan fingerprint density at radius 2 is 2.04 bits per heavy atom. The van der Waals surface area contributed by atoms with E-state index in [2.05, 4.69) is 14.8 Å². The molecule has 0 unspecified atom stereocenters. The predicted octanol–water partition coefficient (Wildman–Crippen LogP) is 1.26. The number of sulfonamides is 1. The Morgan fingerprint density at radius 1 is 1.30 bits per heavy atom. The van der Waals surface area contributed by atoms with Gasteiger partial charge in [-0.1, -0.05) is 0 Å². The molecule has 0 bridgehead atoms. The number of hydrogen-bond donors (Lipinski definition) is 1. The molecule has 1 aliphatic heterocycles. The van der Waals surface area contributed by atoms with E-state index in [4.69, 9.17) is 4.74 Å². The molecule has 1 saturated heterocycles. The van der Waals surface area contributed by atoms with Crippen molar-refractivity contribution in [2.45, 2.75) is 25.9 Å². The number of aryl methyl sites for hydroxylation is 1. The number of rotatable bonds is 6. The molecule has 0 aliphatic carbocycles. The number of nitrogens with one attached hydrogen (secondary N) is 1. The predicted molar refractivity (Wildman–Crippen MR) is 100 cm³/mol. The molecule has 3 rings (SSSR count). The average molecular weight is 393 g/mol. The van der Waals surface area contributed by atoms with Gasteiger partial charge in [0.25, 0.3) is 5.91 Å². The fourth-order valence-corrected chi connectivity index (χ4v) is 3.45. The monoisotopic (exact) mass is 393 g/mol. The zero-order valence-corrected chi connectivity index (χ0v) is 16.1. The highest BCUT2D eigenvalue weighted by molar-refractivity contribution is 7.92. The van der Waals surface area contributed by atoms with Gasteiger partial charge in [-0.3, -0.25) is 14.2 Å². The number of carbonyl (C=O) groups is 1. The molecule has 0 atom stereocenters. The number of pyridine rings is 1. The summed E-state index contributed by atoms with van der Waals surface area (Å²) in [6.07, 6.45) is 6.10. The fourth-order valence-electron chi connectivity index (χ4n) is 2.82. The Hall–Kier alpha value is -2.62. The van der Waals surface area contributed by atoms with Crippen LogP contribution in [0.1, 0.15) is 30.1 Å². The van der Waals surface area contributed by atoms with Gasteiger partial charge in [-0.05, 0) is 13.0 Å². The van der Waals surface area contributed by atoms with E-state index in [0.717, 1.165) is 0 Å². The summed E-state index contributed by atoms with van der Waals surface area (Å²) >= 11 is 0. The number of piperidine rings is 1. The second kappa shape index (κ2) is 7.95. The summed E-state index contributed by atoms with van der Waals surface area (Å²) in [6.45, 7) is 2.78. The Morgan fingerprint density at radius 3 is 2.59 bits per heavy atom. The van der Waals surface area contributed by atoms with Gasteiger partial charge in [0.05, 0.1) is 29.4 Å². The summed E-state index contributed by atoms with van der Waals surface area (Å²) in [5.41, 5.74) is 0.991. The topological polar surface area (TPSA) is 106 Å². The molecule has 3 heterocycles. The maximum atomic E-state index is 12.4. The molecule has 2 aromatic rings.